The Hall–Kier alpha value is -5.00. The van der Waals surface area contributed by atoms with E-state index >= 15 is 0 Å². The first-order chi connectivity index (χ1) is 17.7. The van der Waals surface area contributed by atoms with E-state index in [4.69, 9.17) is 0 Å². The zero-order chi connectivity index (χ0) is 26.0. The van der Waals surface area contributed by atoms with Crippen molar-refractivity contribution in [2.45, 2.75) is 13.3 Å². The number of rotatable bonds is 6. The normalized spacial score (nSPS) is 11.4. The van der Waals surface area contributed by atoms with Crippen LogP contribution in [-0.2, 0) is 0 Å². The molecule has 9 nitrogen and oxygen atoms in total. The molecule has 186 valence electrons. The Bertz CT molecular complexity index is 1590. The summed E-state index contributed by atoms with van der Waals surface area (Å²) in [5.41, 5.74) is 3.56. The maximum Gasteiger partial charge on any atom is 0.573 e. The second-order valence-corrected chi connectivity index (χ2v) is 7.92. The van der Waals surface area contributed by atoms with Crippen LogP contribution in [0.5, 0.6) is 5.75 Å². The number of imidazole rings is 1. The predicted molar refractivity (Wildman–Crippen MR) is 130 cm³/mol. The van der Waals surface area contributed by atoms with Crippen molar-refractivity contribution in [3.05, 3.63) is 84.4 Å². The summed E-state index contributed by atoms with van der Waals surface area (Å²) >= 11 is 0. The van der Waals surface area contributed by atoms with Gasteiger partial charge in [-0.25, -0.2) is 15.0 Å². The molecule has 3 heterocycles. The highest BCUT2D eigenvalue weighted by Crippen LogP contribution is 2.28. The van der Waals surface area contributed by atoms with E-state index < -0.39 is 18.0 Å². The third-order valence-electron chi connectivity index (χ3n) is 5.28. The number of aromatic nitrogens is 5. The molecule has 0 fully saturated rings. The Morgan fingerprint density at radius 3 is 2.70 bits per heavy atom. The zero-order valence-corrected chi connectivity index (χ0v) is 19.2. The van der Waals surface area contributed by atoms with Gasteiger partial charge in [-0.3, -0.25) is 9.78 Å². The Balaban J connectivity index is 1.42. The highest BCUT2D eigenvalue weighted by molar-refractivity contribution is 6.05. The quantitative estimate of drug-likeness (QED) is 0.274. The first-order valence-electron chi connectivity index (χ1n) is 10.9. The molecule has 0 aliphatic heterocycles. The molecule has 12 heteroatoms. The standard InChI is InChI=1S/C25H18F3N7O2/c1-14-7-8-15(24(36)32-17-5-2-6-18(11-17)37-25(26,27)28)10-19(14)33-23-20-22(31-13-30-20)34-21(35-23)16-4-3-9-29-12-16/h2-13H,1H3,(H,32,36)(H2,30,31,33,34,35). The number of fused-ring (bicyclic) bond motifs is 1. The Kier molecular flexibility index (Phi) is 6.14. The Morgan fingerprint density at radius 2 is 1.92 bits per heavy atom. The van der Waals surface area contributed by atoms with E-state index in [9.17, 15) is 18.0 Å². The van der Waals surface area contributed by atoms with Gasteiger partial charge < -0.3 is 20.4 Å². The molecule has 3 aromatic heterocycles. The lowest BCUT2D eigenvalue weighted by Crippen LogP contribution is -2.17. The first-order valence-corrected chi connectivity index (χ1v) is 10.9. The fraction of sp³-hybridized carbons (Fsp3) is 0.0800. The van der Waals surface area contributed by atoms with Crippen molar-refractivity contribution in [2.75, 3.05) is 10.6 Å². The molecule has 0 unspecified atom stereocenters. The molecule has 0 aliphatic carbocycles. The van der Waals surface area contributed by atoms with Crippen molar-refractivity contribution in [3.8, 4) is 17.1 Å². The number of carbonyl (C=O) groups is 1. The van der Waals surface area contributed by atoms with Crippen LogP contribution in [0, 0.1) is 6.92 Å². The van der Waals surface area contributed by atoms with Gasteiger partial charge in [-0.1, -0.05) is 12.1 Å². The lowest BCUT2D eigenvalue weighted by molar-refractivity contribution is -0.274. The number of nitrogens with zero attached hydrogens (tertiary/aromatic N) is 4. The molecule has 0 bridgehead atoms. The number of nitrogens with one attached hydrogen (secondary N) is 3. The lowest BCUT2D eigenvalue weighted by atomic mass is 10.1. The number of aromatic amines is 1. The smallest absolute Gasteiger partial charge is 0.406 e. The number of halogens is 3. The van der Waals surface area contributed by atoms with Crippen molar-refractivity contribution in [1.82, 2.24) is 24.9 Å². The van der Waals surface area contributed by atoms with Crippen LogP contribution in [0.4, 0.5) is 30.4 Å². The summed E-state index contributed by atoms with van der Waals surface area (Å²) in [5.74, 6) is -0.105. The number of H-pyrrole nitrogens is 1. The summed E-state index contributed by atoms with van der Waals surface area (Å²) in [4.78, 5) is 33.4. The maximum absolute atomic E-state index is 12.9. The third-order valence-corrected chi connectivity index (χ3v) is 5.28. The topological polar surface area (TPSA) is 118 Å². The van der Waals surface area contributed by atoms with Gasteiger partial charge in [-0.05, 0) is 48.9 Å². The number of pyridine rings is 1. The van der Waals surface area contributed by atoms with E-state index in [1.54, 1.807) is 36.7 Å². The summed E-state index contributed by atoms with van der Waals surface area (Å²) in [6.07, 6.45) is -0.0359. The van der Waals surface area contributed by atoms with Crippen LogP contribution in [-0.4, -0.2) is 37.2 Å². The molecule has 1 amide bonds. The minimum atomic E-state index is -4.84. The van der Waals surface area contributed by atoms with Crippen molar-refractivity contribution in [3.63, 3.8) is 0 Å². The molecular weight excluding hydrogens is 487 g/mol. The van der Waals surface area contributed by atoms with Crippen molar-refractivity contribution in [2.24, 2.45) is 0 Å². The SMILES string of the molecule is Cc1ccc(C(=O)Nc2cccc(OC(F)(F)F)c2)cc1Nc1nc(-c2cccnc2)nc2[nH]cnc12. The number of anilines is 3. The van der Waals surface area contributed by atoms with Gasteiger partial charge in [0.2, 0.25) is 0 Å². The van der Waals surface area contributed by atoms with Gasteiger partial charge >= 0.3 is 6.36 Å². The molecule has 0 spiro atoms. The van der Waals surface area contributed by atoms with E-state index in [0.717, 1.165) is 17.7 Å². The number of alkyl halides is 3. The minimum absolute atomic E-state index is 0.150. The number of ether oxygens (including phenoxy) is 1. The second kappa shape index (κ2) is 9.57. The number of carbonyl (C=O) groups excluding carboxylic acids is 1. The highest BCUT2D eigenvalue weighted by atomic mass is 19.4. The van der Waals surface area contributed by atoms with Crippen LogP contribution in [0.25, 0.3) is 22.6 Å². The van der Waals surface area contributed by atoms with Crippen LogP contribution >= 0.6 is 0 Å². The molecule has 3 N–H and O–H groups in total. The van der Waals surface area contributed by atoms with Gasteiger partial charge in [0.15, 0.2) is 22.8 Å². The minimum Gasteiger partial charge on any atom is -0.406 e. The molecule has 0 saturated carbocycles. The predicted octanol–water partition coefficient (Wildman–Crippen LogP) is 5.62. The summed E-state index contributed by atoms with van der Waals surface area (Å²) in [5, 5.41) is 5.81. The van der Waals surface area contributed by atoms with E-state index in [2.05, 4.69) is 40.3 Å². The van der Waals surface area contributed by atoms with Crippen molar-refractivity contribution in [1.29, 1.82) is 0 Å². The summed E-state index contributed by atoms with van der Waals surface area (Å²) in [6.45, 7) is 1.85. The van der Waals surface area contributed by atoms with Gasteiger partial charge in [0.05, 0.1) is 6.33 Å². The second-order valence-electron chi connectivity index (χ2n) is 7.92. The molecule has 0 aliphatic rings. The van der Waals surface area contributed by atoms with E-state index in [0.29, 0.717) is 34.1 Å². The van der Waals surface area contributed by atoms with Crippen LogP contribution < -0.4 is 15.4 Å². The van der Waals surface area contributed by atoms with Gasteiger partial charge in [0, 0.05) is 41.0 Å². The summed E-state index contributed by atoms with van der Waals surface area (Å²) in [7, 11) is 0. The summed E-state index contributed by atoms with van der Waals surface area (Å²) < 4.78 is 41.5. The number of hydrogen-bond donors (Lipinski definition) is 3. The lowest BCUT2D eigenvalue weighted by Gasteiger charge is -2.13. The maximum atomic E-state index is 12.9. The first kappa shape index (κ1) is 23.7. The molecule has 5 rings (SSSR count). The fourth-order valence-electron chi connectivity index (χ4n) is 3.55. The number of amides is 1. The fourth-order valence-corrected chi connectivity index (χ4v) is 3.55. The molecular formula is C25H18F3N7O2. The number of hydrogen-bond acceptors (Lipinski definition) is 7. The Labute approximate surface area is 207 Å². The Morgan fingerprint density at radius 1 is 1.05 bits per heavy atom. The highest BCUT2D eigenvalue weighted by Gasteiger charge is 2.31. The van der Waals surface area contributed by atoms with E-state index in [-0.39, 0.29) is 11.3 Å². The molecule has 0 saturated heterocycles. The number of benzene rings is 2. The average Bonchev–Trinajstić information content (AvgIpc) is 3.34. The molecule has 0 radical (unpaired) electrons. The summed E-state index contributed by atoms with van der Waals surface area (Å²) in [6, 6.07) is 13.6. The van der Waals surface area contributed by atoms with Crippen molar-refractivity contribution >= 4 is 34.3 Å². The molecule has 0 atom stereocenters. The third kappa shape index (κ3) is 5.48. The monoisotopic (exact) mass is 505 g/mol. The van der Waals surface area contributed by atoms with Crippen LogP contribution in [0.15, 0.2) is 73.3 Å². The number of aryl methyl sites for hydroxylation is 1. The van der Waals surface area contributed by atoms with Gasteiger partial charge in [0.25, 0.3) is 5.91 Å². The van der Waals surface area contributed by atoms with Crippen LogP contribution in [0.2, 0.25) is 0 Å². The van der Waals surface area contributed by atoms with Crippen LogP contribution in [0.3, 0.4) is 0 Å². The zero-order valence-electron chi connectivity index (χ0n) is 19.2. The van der Waals surface area contributed by atoms with Crippen LogP contribution in [0.1, 0.15) is 15.9 Å². The molecule has 37 heavy (non-hydrogen) atoms. The molecule has 5 aromatic rings. The van der Waals surface area contributed by atoms with E-state index in [1.165, 1.54) is 18.5 Å². The average molecular weight is 505 g/mol. The van der Waals surface area contributed by atoms with Gasteiger partial charge in [-0.15, -0.1) is 13.2 Å². The molecule has 2 aromatic carbocycles. The van der Waals surface area contributed by atoms with Gasteiger partial charge in [0.1, 0.15) is 5.75 Å². The largest absolute Gasteiger partial charge is 0.573 e. The van der Waals surface area contributed by atoms with Gasteiger partial charge in [-0.2, -0.15) is 0 Å². The van der Waals surface area contributed by atoms with E-state index in [1.807, 2.05) is 13.0 Å². The van der Waals surface area contributed by atoms with Crippen molar-refractivity contribution < 1.29 is 22.7 Å².